The number of hydrogen-bond acceptors (Lipinski definition) is 5. The minimum atomic E-state index is 0.473. The first kappa shape index (κ1) is 13.7. The Hall–Kier alpha value is -1.36. The number of nitrogens with two attached hydrogens (primary N) is 1. The van der Waals surface area contributed by atoms with Crippen LogP contribution in [-0.2, 0) is 0 Å². The molecule has 0 spiro atoms. The molecule has 2 N–H and O–H groups in total. The maximum Gasteiger partial charge on any atom is 0.149 e. The van der Waals surface area contributed by atoms with Crippen molar-refractivity contribution in [2.24, 2.45) is 5.92 Å². The molecule has 1 rings (SSSR count). The Morgan fingerprint density at radius 3 is 2.47 bits per heavy atom. The van der Waals surface area contributed by atoms with Crippen LogP contribution in [0.3, 0.4) is 0 Å². The van der Waals surface area contributed by atoms with Crippen molar-refractivity contribution in [2.45, 2.75) is 13.8 Å². The van der Waals surface area contributed by atoms with Crippen LogP contribution in [0.2, 0.25) is 0 Å². The summed E-state index contributed by atoms with van der Waals surface area (Å²) in [4.78, 5) is 12.8. The van der Waals surface area contributed by atoms with Crippen LogP contribution in [0.25, 0.3) is 0 Å². The highest BCUT2D eigenvalue weighted by molar-refractivity contribution is 5.41. The van der Waals surface area contributed by atoms with Crippen LogP contribution in [0.4, 0.5) is 11.6 Å². The first-order valence-electron chi connectivity index (χ1n) is 5.96. The number of hydrogen-bond donors (Lipinski definition) is 1. The zero-order valence-electron chi connectivity index (χ0n) is 11.2. The summed E-state index contributed by atoms with van der Waals surface area (Å²) < 4.78 is 0. The van der Waals surface area contributed by atoms with Crippen molar-refractivity contribution in [3.63, 3.8) is 0 Å². The van der Waals surface area contributed by atoms with Crippen LogP contribution >= 0.6 is 0 Å². The van der Waals surface area contributed by atoms with E-state index in [1.807, 2.05) is 0 Å². The summed E-state index contributed by atoms with van der Waals surface area (Å²) in [5, 5.41) is 0. The summed E-state index contributed by atoms with van der Waals surface area (Å²) in [5.41, 5.74) is 5.67. The van der Waals surface area contributed by atoms with Crippen molar-refractivity contribution in [3.05, 3.63) is 12.4 Å². The van der Waals surface area contributed by atoms with E-state index in [0.29, 0.717) is 11.7 Å². The van der Waals surface area contributed by atoms with Crippen LogP contribution in [0.5, 0.6) is 0 Å². The van der Waals surface area contributed by atoms with Gasteiger partial charge in [0.05, 0.1) is 12.4 Å². The molecule has 1 aromatic rings. The molecule has 0 bridgehead atoms. The van der Waals surface area contributed by atoms with Gasteiger partial charge in [0.25, 0.3) is 0 Å². The van der Waals surface area contributed by atoms with Gasteiger partial charge < -0.3 is 15.5 Å². The molecular weight excluding hydrogens is 214 g/mol. The topological polar surface area (TPSA) is 58.3 Å². The lowest BCUT2D eigenvalue weighted by Gasteiger charge is -2.26. The molecule has 0 saturated heterocycles. The molecule has 1 aromatic heterocycles. The number of aromatic nitrogens is 2. The van der Waals surface area contributed by atoms with E-state index in [0.717, 1.165) is 25.5 Å². The molecule has 1 heterocycles. The van der Waals surface area contributed by atoms with E-state index in [1.54, 1.807) is 12.4 Å². The monoisotopic (exact) mass is 237 g/mol. The molecule has 0 aliphatic carbocycles. The van der Waals surface area contributed by atoms with Crippen molar-refractivity contribution in [3.8, 4) is 0 Å². The average Bonchev–Trinajstić information content (AvgIpc) is 2.23. The van der Waals surface area contributed by atoms with Crippen molar-refractivity contribution >= 4 is 11.6 Å². The van der Waals surface area contributed by atoms with Crippen molar-refractivity contribution in [2.75, 3.05) is 44.4 Å². The van der Waals surface area contributed by atoms with Gasteiger partial charge in [-0.2, -0.15) is 0 Å². The lowest BCUT2D eigenvalue weighted by molar-refractivity contribution is 0.408. The summed E-state index contributed by atoms with van der Waals surface area (Å²) in [6.07, 6.45) is 3.34. The van der Waals surface area contributed by atoms with E-state index >= 15 is 0 Å². The van der Waals surface area contributed by atoms with Gasteiger partial charge in [-0.1, -0.05) is 13.8 Å². The van der Waals surface area contributed by atoms with Gasteiger partial charge in [-0.3, -0.25) is 4.98 Å². The third-order valence-corrected chi connectivity index (χ3v) is 2.37. The number of nitrogens with zero attached hydrogens (tertiary/aromatic N) is 4. The normalized spacial score (nSPS) is 11.2. The smallest absolute Gasteiger partial charge is 0.149 e. The molecule has 0 aliphatic heterocycles. The van der Waals surface area contributed by atoms with Gasteiger partial charge in [0, 0.05) is 19.6 Å². The molecule has 5 nitrogen and oxygen atoms in total. The van der Waals surface area contributed by atoms with E-state index < -0.39 is 0 Å². The molecule has 17 heavy (non-hydrogen) atoms. The van der Waals surface area contributed by atoms with Gasteiger partial charge in [-0.15, -0.1) is 0 Å². The minimum Gasteiger partial charge on any atom is -0.382 e. The first-order chi connectivity index (χ1) is 7.99. The van der Waals surface area contributed by atoms with Crippen LogP contribution in [0.15, 0.2) is 12.4 Å². The molecule has 0 fully saturated rings. The average molecular weight is 237 g/mol. The van der Waals surface area contributed by atoms with Gasteiger partial charge >= 0.3 is 0 Å². The SMILES string of the molecule is CC(C)CN(CCN(C)C)c1cncc(N)n1. The molecule has 0 amide bonds. The highest BCUT2D eigenvalue weighted by Crippen LogP contribution is 2.12. The lowest BCUT2D eigenvalue weighted by atomic mass is 10.2. The molecule has 96 valence electrons. The summed E-state index contributed by atoms with van der Waals surface area (Å²) in [5.74, 6) is 1.92. The second kappa shape index (κ2) is 6.39. The number of nitrogen functional groups attached to an aromatic ring is 1. The standard InChI is InChI=1S/C12H23N5/c1-10(2)9-17(6-5-16(3)4)12-8-14-7-11(13)15-12/h7-8,10H,5-6,9H2,1-4H3,(H2,13,15). The molecule has 0 aliphatic rings. The van der Waals surface area contributed by atoms with E-state index in [-0.39, 0.29) is 0 Å². The molecule has 0 saturated carbocycles. The van der Waals surface area contributed by atoms with Gasteiger partial charge in [0.1, 0.15) is 11.6 Å². The fraction of sp³-hybridized carbons (Fsp3) is 0.667. The van der Waals surface area contributed by atoms with E-state index in [1.165, 1.54) is 0 Å². The van der Waals surface area contributed by atoms with Crippen LogP contribution < -0.4 is 10.6 Å². The Kier molecular flexibility index (Phi) is 5.15. The molecule has 0 aromatic carbocycles. The Morgan fingerprint density at radius 1 is 1.24 bits per heavy atom. The Morgan fingerprint density at radius 2 is 1.94 bits per heavy atom. The predicted molar refractivity (Wildman–Crippen MR) is 72.0 cm³/mol. The zero-order chi connectivity index (χ0) is 12.8. The van der Waals surface area contributed by atoms with Crippen molar-refractivity contribution in [1.82, 2.24) is 14.9 Å². The number of anilines is 2. The van der Waals surface area contributed by atoms with Crippen LogP contribution in [0, 0.1) is 5.92 Å². The Bertz CT molecular complexity index is 337. The Labute approximate surface area is 104 Å². The van der Waals surface area contributed by atoms with E-state index in [4.69, 9.17) is 5.73 Å². The van der Waals surface area contributed by atoms with Gasteiger partial charge in [-0.25, -0.2) is 4.98 Å². The summed E-state index contributed by atoms with van der Waals surface area (Å²) in [6, 6.07) is 0. The lowest BCUT2D eigenvalue weighted by Crippen LogP contribution is -2.35. The quantitative estimate of drug-likeness (QED) is 0.802. The Balaban J connectivity index is 2.74. The summed E-state index contributed by atoms with van der Waals surface area (Å²) in [6.45, 7) is 7.28. The van der Waals surface area contributed by atoms with Crippen LogP contribution in [0.1, 0.15) is 13.8 Å². The molecule has 0 unspecified atom stereocenters. The van der Waals surface area contributed by atoms with Crippen LogP contribution in [-0.4, -0.2) is 48.6 Å². The van der Waals surface area contributed by atoms with Crippen molar-refractivity contribution < 1.29 is 0 Å². The summed E-state index contributed by atoms with van der Waals surface area (Å²) >= 11 is 0. The second-order valence-corrected chi connectivity index (χ2v) is 4.95. The first-order valence-corrected chi connectivity index (χ1v) is 5.96. The minimum absolute atomic E-state index is 0.473. The predicted octanol–water partition coefficient (Wildman–Crippen LogP) is 1.08. The molecular formula is C12H23N5. The maximum absolute atomic E-state index is 5.67. The molecule has 0 radical (unpaired) electrons. The van der Waals surface area contributed by atoms with Gasteiger partial charge in [0.15, 0.2) is 0 Å². The zero-order valence-corrected chi connectivity index (χ0v) is 11.2. The number of rotatable bonds is 6. The maximum atomic E-state index is 5.67. The van der Waals surface area contributed by atoms with Crippen molar-refractivity contribution in [1.29, 1.82) is 0 Å². The van der Waals surface area contributed by atoms with E-state index in [2.05, 4.69) is 47.7 Å². The largest absolute Gasteiger partial charge is 0.382 e. The third-order valence-electron chi connectivity index (χ3n) is 2.37. The molecule has 0 atom stereocenters. The number of likely N-dealkylation sites (N-methyl/N-ethyl adjacent to an activating group) is 1. The molecule has 5 heteroatoms. The van der Waals surface area contributed by atoms with Gasteiger partial charge in [0.2, 0.25) is 0 Å². The highest BCUT2D eigenvalue weighted by atomic mass is 15.2. The fourth-order valence-corrected chi connectivity index (χ4v) is 1.58. The fourth-order valence-electron chi connectivity index (χ4n) is 1.58. The highest BCUT2D eigenvalue weighted by Gasteiger charge is 2.10. The summed E-state index contributed by atoms with van der Waals surface area (Å²) in [7, 11) is 4.14. The second-order valence-electron chi connectivity index (χ2n) is 4.95. The van der Waals surface area contributed by atoms with E-state index in [9.17, 15) is 0 Å². The third kappa shape index (κ3) is 4.99. The van der Waals surface area contributed by atoms with Gasteiger partial charge in [-0.05, 0) is 20.0 Å².